The van der Waals surface area contributed by atoms with E-state index < -0.39 is 0 Å². The first kappa shape index (κ1) is 14.9. The van der Waals surface area contributed by atoms with E-state index in [4.69, 9.17) is 4.74 Å². The normalized spacial score (nSPS) is 10.3. The SMILES string of the molecule is CN=C(NC)NCc1nccc(OC)n1.I. The van der Waals surface area contributed by atoms with E-state index in [-0.39, 0.29) is 24.0 Å². The van der Waals surface area contributed by atoms with Gasteiger partial charge in [-0.25, -0.2) is 4.98 Å². The summed E-state index contributed by atoms with van der Waals surface area (Å²) in [7, 11) is 5.07. The molecule has 16 heavy (non-hydrogen) atoms. The minimum atomic E-state index is 0. The minimum absolute atomic E-state index is 0. The first-order chi connectivity index (χ1) is 7.30. The fraction of sp³-hybridized carbons (Fsp3) is 0.444. The second-order valence-corrected chi connectivity index (χ2v) is 2.69. The van der Waals surface area contributed by atoms with Crippen LogP contribution in [0.3, 0.4) is 0 Å². The Labute approximate surface area is 112 Å². The van der Waals surface area contributed by atoms with Gasteiger partial charge in [0, 0.05) is 26.4 Å². The summed E-state index contributed by atoms with van der Waals surface area (Å²) in [6.45, 7) is 0.505. The monoisotopic (exact) mass is 337 g/mol. The van der Waals surface area contributed by atoms with Gasteiger partial charge in [0.25, 0.3) is 0 Å². The van der Waals surface area contributed by atoms with E-state index in [9.17, 15) is 0 Å². The van der Waals surface area contributed by atoms with E-state index in [0.29, 0.717) is 24.2 Å². The van der Waals surface area contributed by atoms with Crippen molar-refractivity contribution in [2.75, 3.05) is 21.2 Å². The standard InChI is InChI=1S/C9H15N5O.HI/c1-10-9(11-2)13-6-7-12-5-4-8(14-7)15-3;/h4-5H,6H2,1-3H3,(H2,10,11,13);1H. The number of hydrogen-bond acceptors (Lipinski definition) is 4. The summed E-state index contributed by atoms with van der Waals surface area (Å²) < 4.78 is 4.99. The zero-order valence-electron chi connectivity index (χ0n) is 9.52. The fourth-order valence-corrected chi connectivity index (χ4v) is 1.02. The van der Waals surface area contributed by atoms with Crippen molar-refractivity contribution in [2.45, 2.75) is 6.54 Å². The Bertz CT molecular complexity index is 344. The molecular weight excluding hydrogens is 321 g/mol. The number of aliphatic imine (C=N–C) groups is 1. The lowest BCUT2D eigenvalue weighted by molar-refractivity contribution is 0.394. The van der Waals surface area contributed by atoms with Crippen LogP contribution in [0.4, 0.5) is 0 Å². The highest BCUT2D eigenvalue weighted by Crippen LogP contribution is 2.02. The lowest BCUT2D eigenvalue weighted by Gasteiger charge is -2.07. The van der Waals surface area contributed by atoms with Crippen molar-refractivity contribution in [3.8, 4) is 5.88 Å². The summed E-state index contributed by atoms with van der Waals surface area (Å²) in [5.74, 6) is 1.91. The molecule has 1 aromatic heterocycles. The molecule has 90 valence electrons. The van der Waals surface area contributed by atoms with Gasteiger partial charge in [-0.15, -0.1) is 24.0 Å². The van der Waals surface area contributed by atoms with Crippen LogP contribution in [0.1, 0.15) is 5.82 Å². The number of nitrogens with zero attached hydrogens (tertiary/aromatic N) is 3. The maximum absolute atomic E-state index is 4.99. The smallest absolute Gasteiger partial charge is 0.216 e. The van der Waals surface area contributed by atoms with Crippen molar-refractivity contribution < 1.29 is 4.74 Å². The third-order valence-corrected chi connectivity index (χ3v) is 1.76. The van der Waals surface area contributed by atoms with Gasteiger partial charge in [-0.05, 0) is 0 Å². The van der Waals surface area contributed by atoms with Gasteiger partial charge in [-0.3, -0.25) is 4.99 Å². The summed E-state index contributed by atoms with van der Waals surface area (Å²) in [6.07, 6.45) is 1.66. The molecule has 0 aromatic carbocycles. The molecule has 0 aliphatic rings. The summed E-state index contributed by atoms with van der Waals surface area (Å²) in [4.78, 5) is 12.2. The third kappa shape index (κ3) is 4.60. The molecule has 0 fully saturated rings. The van der Waals surface area contributed by atoms with Gasteiger partial charge in [0.15, 0.2) is 11.8 Å². The molecule has 0 aliphatic heterocycles. The average Bonchev–Trinajstić information content (AvgIpc) is 2.31. The number of ether oxygens (including phenoxy) is 1. The van der Waals surface area contributed by atoms with Gasteiger partial charge < -0.3 is 15.4 Å². The van der Waals surface area contributed by atoms with Crippen LogP contribution in [0.25, 0.3) is 0 Å². The average molecular weight is 337 g/mol. The molecule has 0 bridgehead atoms. The van der Waals surface area contributed by atoms with Gasteiger partial charge in [-0.1, -0.05) is 0 Å². The molecule has 1 rings (SSSR count). The van der Waals surface area contributed by atoms with E-state index in [2.05, 4.69) is 25.6 Å². The molecule has 6 nitrogen and oxygen atoms in total. The lowest BCUT2D eigenvalue weighted by Crippen LogP contribution is -2.34. The zero-order chi connectivity index (χ0) is 11.1. The van der Waals surface area contributed by atoms with Crippen molar-refractivity contribution in [2.24, 2.45) is 4.99 Å². The highest BCUT2D eigenvalue weighted by Gasteiger charge is 1.99. The number of rotatable bonds is 3. The maximum Gasteiger partial charge on any atom is 0.216 e. The Hall–Kier alpha value is -1.12. The maximum atomic E-state index is 4.99. The number of methoxy groups -OCH3 is 1. The van der Waals surface area contributed by atoms with Crippen molar-refractivity contribution >= 4 is 29.9 Å². The molecule has 1 aromatic rings. The van der Waals surface area contributed by atoms with Crippen molar-refractivity contribution in [3.63, 3.8) is 0 Å². The Balaban J connectivity index is 0.00000225. The predicted octanol–water partition coefficient (Wildman–Crippen LogP) is 0.398. The molecule has 7 heteroatoms. The quantitative estimate of drug-likeness (QED) is 0.475. The Morgan fingerprint density at radius 3 is 2.88 bits per heavy atom. The molecule has 0 amide bonds. The number of hydrogen-bond donors (Lipinski definition) is 2. The molecular formula is C9H16IN5O. The van der Waals surface area contributed by atoms with Crippen LogP contribution >= 0.6 is 24.0 Å². The Kier molecular flexibility index (Phi) is 7.52. The Morgan fingerprint density at radius 2 is 2.31 bits per heavy atom. The van der Waals surface area contributed by atoms with Crippen LogP contribution in [0.5, 0.6) is 5.88 Å². The number of halogens is 1. The van der Waals surface area contributed by atoms with E-state index >= 15 is 0 Å². The topological polar surface area (TPSA) is 71.4 Å². The van der Waals surface area contributed by atoms with Crippen molar-refractivity contribution in [3.05, 3.63) is 18.1 Å². The number of guanidine groups is 1. The van der Waals surface area contributed by atoms with E-state index in [1.165, 1.54) is 0 Å². The molecule has 0 unspecified atom stereocenters. The fourth-order valence-electron chi connectivity index (χ4n) is 1.02. The van der Waals surface area contributed by atoms with Gasteiger partial charge in [0.05, 0.1) is 13.7 Å². The van der Waals surface area contributed by atoms with E-state index in [1.807, 2.05) is 0 Å². The summed E-state index contributed by atoms with van der Waals surface area (Å²) in [5.41, 5.74) is 0. The van der Waals surface area contributed by atoms with Gasteiger partial charge in [0.2, 0.25) is 5.88 Å². The van der Waals surface area contributed by atoms with Crippen LogP contribution < -0.4 is 15.4 Å². The second-order valence-electron chi connectivity index (χ2n) is 2.69. The Morgan fingerprint density at radius 1 is 1.56 bits per heavy atom. The molecule has 0 radical (unpaired) electrons. The largest absolute Gasteiger partial charge is 0.481 e. The second kappa shape index (κ2) is 8.08. The molecule has 0 spiro atoms. The highest BCUT2D eigenvalue weighted by atomic mass is 127. The summed E-state index contributed by atoms with van der Waals surface area (Å²) >= 11 is 0. The van der Waals surface area contributed by atoms with Gasteiger partial charge >= 0.3 is 0 Å². The zero-order valence-corrected chi connectivity index (χ0v) is 11.9. The van der Waals surface area contributed by atoms with Crippen LogP contribution in [0, 0.1) is 0 Å². The van der Waals surface area contributed by atoms with Crippen LogP contribution in [-0.2, 0) is 6.54 Å². The molecule has 0 atom stereocenters. The van der Waals surface area contributed by atoms with Crippen molar-refractivity contribution in [1.29, 1.82) is 0 Å². The van der Waals surface area contributed by atoms with Gasteiger partial charge in [-0.2, -0.15) is 4.98 Å². The molecule has 0 saturated heterocycles. The van der Waals surface area contributed by atoms with Gasteiger partial charge in [0.1, 0.15) is 0 Å². The van der Waals surface area contributed by atoms with Crippen LogP contribution in [0.2, 0.25) is 0 Å². The summed E-state index contributed by atoms with van der Waals surface area (Å²) in [6, 6.07) is 1.70. The number of aromatic nitrogens is 2. The molecule has 2 N–H and O–H groups in total. The highest BCUT2D eigenvalue weighted by molar-refractivity contribution is 14.0. The molecule has 0 saturated carbocycles. The molecule has 0 aliphatic carbocycles. The number of nitrogens with one attached hydrogen (secondary N) is 2. The third-order valence-electron chi connectivity index (χ3n) is 1.76. The molecule has 1 heterocycles. The predicted molar refractivity (Wildman–Crippen MR) is 73.3 cm³/mol. The van der Waals surface area contributed by atoms with E-state index in [0.717, 1.165) is 0 Å². The minimum Gasteiger partial charge on any atom is -0.481 e. The first-order valence-electron chi connectivity index (χ1n) is 4.54. The summed E-state index contributed by atoms with van der Waals surface area (Å²) in [5, 5.41) is 5.95. The first-order valence-corrected chi connectivity index (χ1v) is 4.54. The van der Waals surface area contributed by atoms with E-state index in [1.54, 1.807) is 33.5 Å². The van der Waals surface area contributed by atoms with Crippen LogP contribution in [-0.4, -0.2) is 37.1 Å². The van der Waals surface area contributed by atoms with Crippen molar-refractivity contribution in [1.82, 2.24) is 20.6 Å². The van der Waals surface area contributed by atoms with Crippen LogP contribution in [0.15, 0.2) is 17.3 Å². The lowest BCUT2D eigenvalue weighted by atomic mass is 10.5.